The Labute approximate surface area is 187 Å². The van der Waals surface area contributed by atoms with Gasteiger partial charge >= 0.3 is 6.18 Å². The molecule has 1 atom stereocenters. The number of hydrogen-bond donors (Lipinski definition) is 4. The van der Waals surface area contributed by atoms with Gasteiger partial charge in [0.2, 0.25) is 11.5 Å². The molecular weight excluding hydrogens is 441 g/mol. The molecule has 2 aromatic rings. The molecule has 0 bridgehead atoms. The fourth-order valence-corrected chi connectivity index (χ4v) is 2.91. The Balaban J connectivity index is 2.55. The van der Waals surface area contributed by atoms with Crippen LogP contribution in [-0.4, -0.2) is 45.7 Å². The summed E-state index contributed by atoms with van der Waals surface area (Å²) in [5.74, 6) is -1.71. The molecule has 176 valence electrons. The number of anilines is 1. The summed E-state index contributed by atoms with van der Waals surface area (Å²) in [6, 6.07) is 4.77. The van der Waals surface area contributed by atoms with E-state index in [0.717, 1.165) is 12.1 Å². The van der Waals surface area contributed by atoms with Gasteiger partial charge in [-0.15, -0.1) is 0 Å². The molecule has 0 saturated carbocycles. The molecule has 0 spiro atoms. The standard InChI is InChI=1S/C21H23F3N6O3/c1-11(2)29-19(32)17-18(26)27-9-15(30-17)14-8-13(5-4-12(14)3)20(33,21(22,23)24)10-28-16(31)6-7-25/h4-5,8-9,11,33H,6,10H2,1-3H3,(H2,26,27)(H,28,31)(H,29,32). The third kappa shape index (κ3) is 5.75. The van der Waals surface area contributed by atoms with Crippen LogP contribution in [0.5, 0.6) is 0 Å². The SMILES string of the molecule is Cc1ccc(C(O)(CNC(=O)CC#N)C(F)(F)F)cc1-c1cnc(N)c(C(=O)NC(C)C)n1. The number of aromatic nitrogens is 2. The van der Waals surface area contributed by atoms with Gasteiger partial charge in [-0.3, -0.25) is 9.59 Å². The van der Waals surface area contributed by atoms with Crippen molar-refractivity contribution in [3.63, 3.8) is 0 Å². The topological polar surface area (TPSA) is 154 Å². The van der Waals surface area contributed by atoms with E-state index in [0.29, 0.717) is 5.56 Å². The Morgan fingerprint density at radius 3 is 2.55 bits per heavy atom. The van der Waals surface area contributed by atoms with Crippen molar-refractivity contribution in [3.8, 4) is 17.3 Å². The summed E-state index contributed by atoms with van der Waals surface area (Å²) in [5.41, 5.74) is 2.26. The number of halogens is 3. The molecule has 1 unspecified atom stereocenters. The van der Waals surface area contributed by atoms with E-state index in [1.54, 1.807) is 20.8 Å². The lowest BCUT2D eigenvalue weighted by Gasteiger charge is -2.31. The molecule has 0 aliphatic heterocycles. The van der Waals surface area contributed by atoms with Crippen molar-refractivity contribution in [1.29, 1.82) is 5.26 Å². The van der Waals surface area contributed by atoms with Crippen LogP contribution in [0.15, 0.2) is 24.4 Å². The molecule has 0 radical (unpaired) electrons. The van der Waals surface area contributed by atoms with E-state index >= 15 is 0 Å². The molecule has 9 nitrogen and oxygen atoms in total. The zero-order chi connectivity index (χ0) is 25.0. The minimum absolute atomic E-state index is 0.0653. The number of nitriles is 1. The van der Waals surface area contributed by atoms with Gasteiger partial charge in [-0.2, -0.15) is 18.4 Å². The fourth-order valence-electron chi connectivity index (χ4n) is 2.91. The largest absolute Gasteiger partial charge is 0.423 e. The Morgan fingerprint density at radius 1 is 1.30 bits per heavy atom. The molecule has 0 fully saturated rings. The number of nitrogens with one attached hydrogen (secondary N) is 2. The molecule has 0 aliphatic carbocycles. The number of alkyl halides is 3. The number of nitrogen functional groups attached to an aromatic ring is 1. The smallest absolute Gasteiger partial charge is 0.382 e. The predicted octanol–water partition coefficient (Wildman–Crippen LogP) is 1.95. The maximum absolute atomic E-state index is 13.8. The second-order valence-electron chi connectivity index (χ2n) is 7.62. The summed E-state index contributed by atoms with van der Waals surface area (Å²) >= 11 is 0. The molecule has 1 aromatic carbocycles. The lowest BCUT2D eigenvalue weighted by molar-refractivity contribution is -0.264. The average molecular weight is 464 g/mol. The first-order valence-electron chi connectivity index (χ1n) is 9.77. The number of carbonyl (C=O) groups excluding carboxylic acids is 2. The normalized spacial score (nSPS) is 13.2. The first kappa shape index (κ1) is 25.5. The number of hydrogen-bond acceptors (Lipinski definition) is 7. The molecule has 12 heteroatoms. The second kappa shape index (κ2) is 9.83. The highest BCUT2D eigenvalue weighted by Gasteiger charge is 2.55. The van der Waals surface area contributed by atoms with Crippen molar-refractivity contribution in [1.82, 2.24) is 20.6 Å². The van der Waals surface area contributed by atoms with Crippen LogP contribution in [0.1, 0.15) is 41.9 Å². The minimum atomic E-state index is -5.16. The highest BCUT2D eigenvalue weighted by atomic mass is 19.4. The molecule has 1 aromatic heterocycles. The highest BCUT2D eigenvalue weighted by molar-refractivity contribution is 5.97. The Bertz CT molecular complexity index is 1100. The van der Waals surface area contributed by atoms with Crippen molar-refractivity contribution in [2.75, 3.05) is 12.3 Å². The molecule has 0 aliphatic rings. The van der Waals surface area contributed by atoms with Gasteiger partial charge in [0.15, 0.2) is 11.5 Å². The van der Waals surface area contributed by atoms with Gasteiger partial charge in [0, 0.05) is 11.6 Å². The van der Waals surface area contributed by atoms with Gasteiger partial charge in [-0.25, -0.2) is 9.97 Å². The number of aliphatic hydroxyl groups is 1. The molecule has 33 heavy (non-hydrogen) atoms. The number of aryl methyl sites for hydroxylation is 1. The average Bonchev–Trinajstić information content (AvgIpc) is 2.71. The summed E-state index contributed by atoms with van der Waals surface area (Å²) in [4.78, 5) is 32.0. The first-order chi connectivity index (χ1) is 15.3. The predicted molar refractivity (Wildman–Crippen MR) is 112 cm³/mol. The van der Waals surface area contributed by atoms with E-state index in [9.17, 15) is 27.9 Å². The van der Waals surface area contributed by atoms with Crippen LogP contribution in [-0.2, 0) is 10.4 Å². The van der Waals surface area contributed by atoms with E-state index in [1.807, 2.05) is 5.32 Å². The van der Waals surface area contributed by atoms with Gasteiger partial charge in [0.25, 0.3) is 5.91 Å². The second-order valence-corrected chi connectivity index (χ2v) is 7.62. The van der Waals surface area contributed by atoms with Gasteiger partial charge in [-0.05, 0) is 38.0 Å². The zero-order valence-electron chi connectivity index (χ0n) is 18.1. The van der Waals surface area contributed by atoms with Crippen LogP contribution in [0.25, 0.3) is 11.3 Å². The van der Waals surface area contributed by atoms with Crippen LogP contribution in [0.4, 0.5) is 19.0 Å². The molecular formula is C21H23F3N6O3. The van der Waals surface area contributed by atoms with E-state index in [4.69, 9.17) is 11.0 Å². The monoisotopic (exact) mass is 464 g/mol. The van der Waals surface area contributed by atoms with E-state index in [1.165, 1.54) is 18.3 Å². The number of nitrogens with zero attached hydrogens (tertiary/aromatic N) is 3. The van der Waals surface area contributed by atoms with Crippen LogP contribution in [0.2, 0.25) is 0 Å². The number of rotatable bonds is 7. The number of nitrogens with two attached hydrogens (primary N) is 1. The molecule has 1 heterocycles. The zero-order valence-corrected chi connectivity index (χ0v) is 18.1. The maximum Gasteiger partial charge on any atom is 0.423 e. The van der Waals surface area contributed by atoms with Gasteiger partial charge < -0.3 is 21.5 Å². The molecule has 0 saturated heterocycles. The van der Waals surface area contributed by atoms with Crippen molar-refractivity contribution < 1.29 is 27.9 Å². The van der Waals surface area contributed by atoms with Crippen molar-refractivity contribution in [2.24, 2.45) is 0 Å². The van der Waals surface area contributed by atoms with E-state index in [2.05, 4.69) is 15.3 Å². The summed E-state index contributed by atoms with van der Waals surface area (Å²) in [6.07, 6.45) is -4.61. The van der Waals surface area contributed by atoms with Crippen LogP contribution in [0.3, 0.4) is 0 Å². The summed E-state index contributed by atoms with van der Waals surface area (Å²) in [6.45, 7) is 3.86. The fraction of sp³-hybridized carbons (Fsp3) is 0.381. The third-order valence-electron chi connectivity index (χ3n) is 4.68. The summed E-state index contributed by atoms with van der Waals surface area (Å²) in [7, 11) is 0. The molecule has 2 amide bonds. The third-order valence-corrected chi connectivity index (χ3v) is 4.68. The number of amides is 2. The van der Waals surface area contributed by atoms with Crippen molar-refractivity contribution in [2.45, 2.75) is 45.0 Å². The Hall–Kier alpha value is -3.72. The van der Waals surface area contributed by atoms with Crippen LogP contribution in [0, 0.1) is 18.3 Å². The van der Waals surface area contributed by atoms with Gasteiger partial charge in [0.05, 0.1) is 24.5 Å². The summed E-state index contributed by atoms with van der Waals surface area (Å²) in [5, 5.41) is 23.6. The van der Waals surface area contributed by atoms with Gasteiger partial charge in [-0.1, -0.05) is 12.1 Å². The van der Waals surface area contributed by atoms with Crippen molar-refractivity contribution >= 4 is 17.6 Å². The lowest BCUT2D eigenvalue weighted by Crippen LogP contribution is -2.51. The first-order valence-corrected chi connectivity index (χ1v) is 9.77. The molecule has 2 rings (SSSR count). The van der Waals surface area contributed by atoms with E-state index < -0.39 is 42.1 Å². The summed E-state index contributed by atoms with van der Waals surface area (Å²) < 4.78 is 41.5. The Morgan fingerprint density at radius 2 is 1.97 bits per heavy atom. The minimum Gasteiger partial charge on any atom is -0.382 e. The van der Waals surface area contributed by atoms with Crippen molar-refractivity contribution in [3.05, 3.63) is 41.2 Å². The van der Waals surface area contributed by atoms with Crippen LogP contribution < -0.4 is 16.4 Å². The lowest BCUT2D eigenvalue weighted by atomic mass is 9.89. The van der Waals surface area contributed by atoms with Gasteiger partial charge in [0.1, 0.15) is 6.42 Å². The van der Waals surface area contributed by atoms with E-state index in [-0.39, 0.29) is 28.8 Å². The quantitative estimate of drug-likeness (QED) is 0.488. The Kier molecular flexibility index (Phi) is 7.60. The number of carbonyl (C=O) groups is 2. The van der Waals surface area contributed by atoms with Crippen LogP contribution >= 0.6 is 0 Å². The highest BCUT2D eigenvalue weighted by Crippen LogP contribution is 2.40. The number of benzene rings is 1. The maximum atomic E-state index is 13.8. The molecule has 5 N–H and O–H groups in total.